The Kier molecular flexibility index (Phi) is 6.23. The Morgan fingerprint density at radius 1 is 1.04 bits per heavy atom. The Balaban J connectivity index is 1.45. The normalized spacial score (nSPS) is 16.3. The summed E-state index contributed by atoms with van der Waals surface area (Å²) in [6.45, 7) is 2.87. The van der Waals surface area contributed by atoms with Crippen LogP contribution < -0.4 is 9.64 Å². The molecule has 1 aliphatic heterocycles. The number of carbonyl (C=O) groups is 1. The van der Waals surface area contributed by atoms with E-state index in [2.05, 4.69) is 4.90 Å². The first-order valence-corrected chi connectivity index (χ1v) is 9.03. The molecule has 0 aliphatic carbocycles. The second-order valence-corrected chi connectivity index (χ2v) is 6.48. The Bertz CT molecular complexity index is 698. The summed E-state index contributed by atoms with van der Waals surface area (Å²) in [5.74, 6) is 0.837. The smallest absolute Gasteiger partial charge is 0.163 e. The summed E-state index contributed by atoms with van der Waals surface area (Å²) in [6.07, 6.45) is -0.583. The molecule has 138 valence electrons. The summed E-state index contributed by atoms with van der Waals surface area (Å²) in [7, 11) is 1.65. The number of halogens is 1. The summed E-state index contributed by atoms with van der Waals surface area (Å²) in [4.78, 5) is 16.2. The highest BCUT2D eigenvalue weighted by Gasteiger charge is 2.24. The first-order valence-electron chi connectivity index (χ1n) is 9.03. The number of Topliss-reactive ketones (excluding diaryl/α,β-unsaturated/α-hetero) is 1. The van der Waals surface area contributed by atoms with Gasteiger partial charge in [-0.05, 0) is 30.7 Å². The fourth-order valence-electron chi connectivity index (χ4n) is 3.25. The van der Waals surface area contributed by atoms with Crippen LogP contribution in [-0.2, 0) is 0 Å². The SMILES string of the molecule is COc1ccc(N2CCN(C(F)CCC(=O)c3ccccc3)CC2)cc1. The maximum Gasteiger partial charge on any atom is 0.163 e. The van der Waals surface area contributed by atoms with Crippen LogP contribution in [0.15, 0.2) is 54.6 Å². The van der Waals surface area contributed by atoms with Crippen LogP contribution in [0.1, 0.15) is 23.2 Å². The zero-order valence-electron chi connectivity index (χ0n) is 15.1. The summed E-state index contributed by atoms with van der Waals surface area (Å²) < 4.78 is 19.7. The zero-order chi connectivity index (χ0) is 18.4. The maximum absolute atomic E-state index is 14.5. The van der Waals surface area contributed by atoms with Gasteiger partial charge in [0.05, 0.1) is 7.11 Å². The average Bonchev–Trinajstić information content (AvgIpc) is 2.72. The van der Waals surface area contributed by atoms with Crippen LogP contribution in [0, 0.1) is 0 Å². The van der Waals surface area contributed by atoms with E-state index in [9.17, 15) is 9.18 Å². The van der Waals surface area contributed by atoms with E-state index < -0.39 is 6.30 Å². The molecule has 2 aromatic rings. The molecule has 26 heavy (non-hydrogen) atoms. The molecule has 0 bridgehead atoms. The van der Waals surface area contributed by atoms with Gasteiger partial charge >= 0.3 is 0 Å². The minimum atomic E-state index is -1.07. The molecule has 2 aromatic carbocycles. The molecular formula is C21H25FN2O2. The van der Waals surface area contributed by atoms with Crippen molar-refractivity contribution in [1.82, 2.24) is 4.90 Å². The number of carbonyl (C=O) groups excluding carboxylic acids is 1. The lowest BCUT2D eigenvalue weighted by Gasteiger charge is -2.37. The highest BCUT2D eigenvalue weighted by atomic mass is 19.1. The zero-order valence-corrected chi connectivity index (χ0v) is 15.1. The van der Waals surface area contributed by atoms with Crippen LogP contribution in [0.3, 0.4) is 0 Å². The molecule has 0 radical (unpaired) electrons. The van der Waals surface area contributed by atoms with E-state index in [-0.39, 0.29) is 18.6 Å². The van der Waals surface area contributed by atoms with Gasteiger partial charge in [-0.25, -0.2) is 4.39 Å². The number of rotatable bonds is 7. The highest BCUT2D eigenvalue weighted by molar-refractivity contribution is 5.95. The molecule has 3 rings (SSSR count). The van der Waals surface area contributed by atoms with E-state index >= 15 is 0 Å². The fraction of sp³-hybridized carbons (Fsp3) is 0.381. The third kappa shape index (κ3) is 4.61. The van der Waals surface area contributed by atoms with Gasteiger partial charge in [0.25, 0.3) is 0 Å². The lowest BCUT2D eigenvalue weighted by atomic mass is 10.1. The molecule has 1 fully saturated rings. The van der Waals surface area contributed by atoms with Gasteiger partial charge in [0.1, 0.15) is 5.75 Å². The number of piperazine rings is 1. The lowest BCUT2D eigenvalue weighted by molar-refractivity contribution is 0.0636. The van der Waals surface area contributed by atoms with Crippen molar-refractivity contribution in [3.8, 4) is 5.75 Å². The summed E-state index contributed by atoms with van der Waals surface area (Å²) >= 11 is 0. The number of ketones is 1. The van der Waals surface area contributed by atoms with Crippen molar-refractivity contribution in [2.75, 3.05) is 38.2 Å². The molecule has 5 heteroatoms. The van der Waals surface area contributed by atoms with Gasteiger partial charge in [0.15, 0.2) is 12.1 Å². The van der Waals surface area contributed by atoms with Crippen molar-refractivity contribution in [2.24, 2.45) is 0 Å². The molecule has 0 spiro atoms. The van der Waals surface area contributed by atoms with Gasteiger partial charge in [-0.2, -0.15) is 0 Å². The monoisotopic (exact) mass is 356 g/mol. The number of benzene rings is 2. The number of nitrogens with zero attached hydrogens (tertiary/aromatic N) is 2. The lowest BCUT2D eigenvalue weighted by Crippen LogP contribution is -2.49. The molecular weight excluding hydrogens is 331 g/mol. The van der Waals surface area contributed by atoms with Gasteiger partial charge in [-0.15, -0.1) is 0 Å². The van der Waals surface area contributed by atoms with Crippen LogP contribution in [-0.4, -0.2) is 50.3 Å². The van der Waals surface area contributed by atoms with Crippen LogP contribution >= 0.6 is 0 Å². The standard InChI is InChI=1S/C21H25FN2O2/c1-26-19-9-7-18(8-10-19)23-13-15-24(16-14-23)21(22)12-11-20(25)17-5-3-2-4-6-17/h2-10,21H,11-16H2,1H3. The maximum atomic E-state index is 14.5. The molecule has 1 unspecified atom stereocenters. The van der Waals surface area contributed by atoms with Gasteiger partial charge in [-0.1, -0.05) is 30.3 Å². The number of anilines is 1. The third-order valence-corrected chi connectivity index (χ3v) is 4.85. The topological polar surface area (TPSA) is 32.8 Å². The van der Waals surface area contributed by atoms with Crippen molar-refractivity contribution < 1.29 is 13.9 Å². The van der Waals surface area contributed by atoms with Crippen LogP contribution in [0.5, 0.6) is 5.75 Å². The molecule has 0 aromatic heterocycles. The Hall–Kier alpha value is -2.40. The van der Waals surface area contributed by atoms with Crippen molar-refractivity contribution in [1.29, 1.82) is 0 Å². The minimum Gasteiger partial charge on any atom is -0.497 e. The number of hydrogen-bond donors (Lipinski definition) is 0. The van der Waals surface area contributed by atoms with Crippen molar-refractivity contribution in [3.05, 3.63) is 60.2 Å². The molecule has 0 amide bonds. The molecule has 0 N–H and O–H groups in total. The molecule has 1 aliphatic rings. The summed E-state index contributed by atoms with van der Waals surface area (Å²) in [6, 6.07) is 17.0. The molecule has 1 saturated heterocycles. The van der Waals surface area contributed by atoms with E-state index in [0.717, 1.165) is 24.5 Å². The minimum absolute atomic E-state index is 0.00474. The van der Waals surface area contributed by atoms with E-state index in [4.69, 9.17) is 4.74 Å². The number of ether oxygens (including phenoxy) is 1. The van der Waals surface area contributed by atoms with Crippen LogP contribution in [0.2, 0.25) is 0 Å². The van der Waals surface area contributed by atoms with Gasteiger partial charge < -0.3 is 9.64 Å². The second kappa shape index (κ2) is 8.81. The third-order valence-electron chi connectivity index (χ3n) is 4.85. The number of methoxy groups -OCH3 is 1. The Labute approximate surface area is 154 Å². The fourth-order valence-corrected chi connectivity index (χ4v) is 3.25. The van der Waals surface area contributed by atoms with E-state index in [1.54, 1.807) is 19.2 Å². The molecule has 0 saturated carbocycles. The molecule has 4 nitrogen and oxygen atoms in total. The predicted molar refractivity (Wildman–Crippen MR) is 102 cm³/mol. The van der Waals surface area contributed by atoms with Gasteiger partial charge in [0.2, 0.25) is 0 Å². The molecule has 1 atom stereocenters. The number of alkyl halides is 1. The van der Waals surface area contributed by atoms with Crippen molar-refractivity contribution >= 4 is 11.5 Å². The van der Waals surface area contributed by atoms with Crippen LogP contribution in [0.25, 0.3) is 0 Å². The molecule has 1 heterocycles. The number of hydrogen-bond acceptors (Lipinski definition) is 4. The first kappa shape index (κ1) is 18.4. The quantitative estimate of drug-likeness (QED) is 0.558. The van der Waals surface area contributed by atoms with Crippen molar-refractivity contribution in [2.45, 2.75) is 19.1 Å². The van der Waals surface area contributed by atoms with Crippen molar-refractivity contribution in [3.63, 3.8) is 0 Å². The Morgan fingerprint density at radius 3 is 2.31 bits per heavy atom. The van der Waals surface area contributed by atoms with Gasteiger partial charge in [-0.3, -0.25) is 9.69 Å². The highest BCUT2D eigenvalue weighted by Crippen LogP contribution is 2.22. The van der Waals surface area contributed by atoms with E-state index in [0.29, 0.717) is 18.7 Å². The van der Waals surface area contributed by atoms with E-state index in [1.807, 2.05) is 47.4 Å². The Morgan fingerprint density at radius 2 is 1.69 bits per heavy atom. The summed E-state index contributed by atoms with van der Waals surface area (Å²) in [5.41, 5.74) is 1.78. The average molecular weight is 356 g/mol. The second-order valence-electron chi connectivity index (χ2n) is 6.48. The largest absolute Gasteiger partial charge is 0.497 e. The van der Waals surface area contributed by atoms with Crippen LogP contribution in [0.4, 0.5) is 10.1 Å². The predicted octanol–water partition coefficient (Wildman–Crippen LogP) is 3.78. The van der Waals surface area contributed by atoms with E-state index in [1.165, 1.54) is 0 Å². The summed E-state index contributed by atoms with van der Waals surface area (Å²) in [5, 5.41) is 0. The van der Waals surface area contributed by atoms with Gasteiger partial charge in [0, 0.05) is 43.9 Å². The first-order chi connectivity index (χ1) is 12.7.